The molecular formula is C24H26ClN4OS2+. The molecule has 4 aromatic rings. The number of aromatic nitrogens is 4. The molecule has 5 nitrogen and oxygen atoms in total. The van der Waals surface area contributed by atoms with Crippen molar-refractivity contribution in [3.05, 3.63) is 49.0 Å². The van der Waals surface area contributed by atoms with E-state index < -0.39 is 0 Å². The van der Waals surface area contributed by atoms with Gasteiger partial charge in [-0.2, -0.15) is 0 Å². The van der Waals surface area contributed by atoms with Crippen molar-refractivity contribution in [2.24, 2.45) is 7.05 Å². The van der Waals surface area contributed by atoms with Gasteiger partial charge < -0.3 is 4.57 Å². The molecule has 1 atom stereocenters. The van der Waals surface area contributed by atoms with E-state index in [0.29, 0.717) is 0 Å². The highest BCUT2D eigenvalue weighted by Gasteiger charge is 2.43. The van der Waals surface area contributed by atoms with Crippen molar-refractivity contribution in [2.75, 3.05) is 0 Å². The van der Waals surface area contributed by atoms with Gasteiger partial charge in [-0.3, -0.25) is 4.79 Å². The molecule has 0 saturated heterocycles. The molecule has 2 aliphatic carbocycles. The maximum absolute atomic E-state index is 12.9. The number of aryl methyl sites for hydroxylation is 2. The zero-order valence-electron chi connectivity index (χ0n) is 19.0. The average molecular weight is 486 g/mol. The van der Waals surface area contributed by atoms with Crippen molar-refractivity contribution in [3.63, 3.8) is 0 Å². The summed E-state index contributed by atoms with van der Waals surface area (Å²) in [6.45, 7) is 9.87. The quantitative estimate of drug-likeness (QED) is 0.288. The van der Waals surface area contributed by atoms with E-state index in [9.17, 15) is 4.79 Å². The van der Waals surface area contributed by atoms with Crippen LogP contribution in [0.2, 0.25) is 5.15 Å². The van der Waals surface area contributed by atoms with Gasteiger partial charge >= 0.3 is 0 Å². The average Bonchev–Trinajstić information content (AvgIpc) is 3.42. The Hall–Kier alpha value is -1.83. The molecule has 0 saturated carbocycles. The van der Waals surface area contributed by atoms with E-state index in [0.717, 1.165) is 45.0 Å². The van der Waals surface area contributed by atoms with Crippen LogP contribution in [0.15, 0.2) is 17.4 Å². The standard InChI is InChI=1S/C24H26ClN4OS2/c1-23(2)7-6-13-16(23)14-19(25)29(11-27-20(14)31-13)9-12-8-24(3,4)17-15-21(32-18(12)17)26-10-28(5)22(15)30/h10-12H,6-9H2,1-5H3/q+1. The molecule has 0 radical (unpaired) electrons. The van der Waals surface area contributed by atoms with Crippen molar-refractivity contribution in [3.8, 4) is 0 Å². The van der Waals surface area contributed by atoms with E-state index in [2.05, 4.69) is 37.2 Å². The van der Waals surface area contributed by atoms with Crippen LogP contribution in [-0.2, 0) is 30.8 Å². The summed E-state index contributed by atoms with van der Waals surface area (Å²) < 4.78 is 3.71. The lowest BCUT2D eigenvalue weighted by Gasteiger charge is -2.20. The van der Waals surface area contributed by atoms with Gasteiger partial charge in [0, 0.05) is 22.7 Å². The number of rotatable bonds is 2. The third kappa shape index (κ3) is 2.74. The number of hydrogen-bond acceptors (Lipinski definition) is 5. The number of fused-ring (bicyclic) bond motifs is 6. The first-order valence-electron chi connectivity index (χ1n) is 11.1. The lowest BCUT2D eigenvalue weighted by Crippen LogP contribution is -2.38. The predicted octanol–water partition coefficient (Wildman–Crippen LogP) is 5.23. The Balaban J connectivity index is 1.48. The normalized spacial score (nSPS) is 20.9. The van der Waals surface area contributed by atoms with Crippen LogP contribution >= 0.6 is 34.3 Å². The topological polar surface area (TPSA) is 51.7 Å². The Bertz CT molecular complexity index is 1490. The molecule has 0 fully saturated rings. The van der Waals surface area contributed by atoms with Gasteiger partial charge in [0.1, 0.15) is 10.2 Å². The molecule has 0 spiro atoms. The van der Waals surface area contributed by atoms with Crippen molar-refractivity contribution >= 4 is 54.7 Å². The first-order chi connectivity index (χ1) is 15.1. The van der Waals surface area contributed by atoms with Crippen molar-refractivity contribution in [1.29, 1.82) is 0 Å². The van der Waals surface area contributed by atoms with Crippen LogP contribution in [0.1, 0.15) is 67.3 Å². The summed E-state index contributed by atoms with van der Waals surface area (Å²) in [6.07, 6.45) is 6.79. The second-order valence-electron chi connectivity index (χ2n) is 10.6. The van der Waals surface area contributed by atoms with E-state index in [1.165, 1.54) is 27.3 Å². The summed E-state index contributed by atoms with van der Waals surface area (Å²) in [7, 11) is 1.77. The van der Waals surface area contributed by atoms with Gasteiger partial charge in [0.05, 0.1) is 18.3 Å². The zero-order valence-corrected chi connectivity index (χ0v) is 21.3. The first-order valence-corrected chi connectivity index (χ1v) is 13.1. The summed E-state index contributed by atoms with van der Waals surface area (Å²) in [5, 5.41) is 2.73. The van der Waals surface area contributed by atoms with Crippen LogP contribution in [-0.4, -0.2) is 14.5 Å². The third-order valence-corrected chi connectivity index (χ3v) is 10.2. The van der Waals surface area contributed by atoms with Gasteiger partial charge in [-0.1, -0.05) is 39.0 Å². The summed E-state index contributed by atoms with van der Waals surface area (Å²) in [5.74, 6) is 0.283. The zero-order chi connectivity index (χ0) is 22.6. The summed E-state index contributed by atoms with van der Waals surface area (Å²) in [5.41, 5.74) is 2.68. The molecule has 0 bridgehead atoms. The Morgan fingerprint density at radius 1 is 1.12 bits per heavy atom. The molecule has 0 N–H and O–H groups in total. The Labute approximate surface area is 199 Å². The predicted molar refractivity (Wildman–Crippen MR) is 131 cm³/mol. The third-order valence-electron chi connectivity index (χ3n) is 7.41. The number of halogens is 1. The molecule has 4 heterocycles. The minimum Gasteiger partial charge on any atom is -0.302 e. The Morgan fingerprint density at radius 3 is 2.66 bits per heavy atom. The molecule has 2 aliphatic rings. The molecule has 166 valence electrons. The van der Waals surface area contributed by atoms with Crippen LogP contribution in [0.5, 0.6) is 0 Å². The van der Waals surface area contributed by atoms with Crippen LogP contribution in [0.3, 0.4) is 0 Å². The van der Waals surface area contributed by atoms with E-state index in [4.69, 9.17) is 16.6 Å². The van der Waals surface area contributed by atoms with Gasteiger partial charge in [-0.25, -0.2) is 9.55 Å². The van der Waals surface area contributed by atoms with Gasteiger partial charge in [0.2, 0.25) is 9.98 Å². The highest BCUT2D eigenvalue weighted by Crippen LogP contribution is 2.52. The van der Waals surface area contributed by atoms with Crippen LogP contribution in [0.4, 0.5) is 0 Å². The molecule has 8 heteroatoms. The molecular weight excluding hydrogens is 460 g/mol. The first kappa shape index (κ1) is 20.8. The summed E-state index contributed by atoms with van der Waals surface area (Å²) >= 11 is 10.5. The molecule has 6 rings (SSSR count). The Kier molecular flexibility index (Phi) is 4.29. The maximum Gasteiger partial charge on any atom is 0.289 e. The fraction of sp³-hybridized carbons (Fsp3) is 0.500. The molecule has 0 aromatic carbocycles. The van der Waals surface area contributed by atoms with Gasteiger partial charge in [0.15, 0.2) is 0 Å². The number of thiophene rings is 2. The molecule has 0 aliphatic heterocycles. The van der Waals surface area contributed by atoms with Gasteiger partial charge in [-0.15, -0.1) is 11.3 Å². The highest BCUT2D eigenvalue weighted by molar-refractivity contribution is 7.19. The van der Waals surface area contributed by atoms with Gasteiger partial charge in [-0.05, 0) is 57.8 Å². The minimum absolute atomic E-state index is 0.0473. The molecule has 1 unspecified atom stereocenters. The highest BCUT2D eigenvalue weighted by atomic mass is 35.5. The number of nitrogens with zero attached hydrogens (tertiary/aromatic N) is 4. The number of hydrogen-bond donors (Lipinski definition) is 0. The minimum atomic E-state index is -0.0797. The summed E-state index contributed by atoms with van der Waals surface area (Å²) in [6, 6.07) is 0. The molecule has 4 aromatic heterocycles. The molecule has 0 amide bonds. The fourth-order valence-electron chi connectivity index (χ4n) is 5.88. The molecule has 32 heavy (non-hydrogen) atoms. The smallest absolute Gasteiger partial charge is 0.289 e. The SMILES string of the molecule is Cn1cnc2sc3c(c2c1=O)C(C)(C)CC3C[n+]1cnc2sc3c(c2c1Cl)C(C)(C)CC3. The van der Waals surface area contributed by atoms with Crippen molar-refractivity contribution < 1.29 is 4.57 Å². The van der Waals surface area contributed by atoms with E-state index in [1.54, 1.807) is 40.6 Å². The van der Waals surface area contributed by atoms with Crippen LogP contribution in [0, 0.1) is 0 Å². The monoisotopic (exact) mass is 485 g/mol. The second-order valence-corrected chi connectivity index (χ2v) is 13.1. The Morgan fingerprint density at radius 2 is 1.88 bits per heavy atom. The summed E-state index contributed by atoms with van der Waals surface area (Å²) in [4.78, 5) is 26.9. The van der Waals surface area contributed by atoms with Crippen molar-refractivity contribution in [2.45, 2.75) is 70.3 Å². The largest absolute Gasteiger partial charge is 0.302 e. The van der Waals surface area contributed by atoms with E-state index in [-0.39, 0.29) is 22.3 Å². The van der Waals surface area contributed by atoms with Gasteiger partial charge in [0.25, 0.3) is 11.9 Å². The lowest BCUT2D eigenvalue weighted by molar-refractivity contribution is -0.698. The maximum atomic E-state index is 12.9. The van der Waals surface area contributed by atoms with E-state index >= 15 is 0 Å². The lowest BCUT2D eigenvalue weighted by atomic mass is 9.85. The second kappa shape index (κ2) is 6.61. The van der Waals surface area contributed by atoms with Crippen molar-refractivity contribution in [1.82, 2.24) is 14.5 Å². The van der Waals surface area contributed by atoms with E-state index in [1.807, 2.05) is 6.33 Å². The van der Waals surface area contributed by atoms with Crippen LogP contribution in [0.25, 0.3) is 20.4 Å². The van der Waals surface area contributed by atoms with Crippen LogP contribution < -0.4 is 10.1 Å². The fourth-order valence-corrected chi connectivity index (χ4v) is 8.96.